The highest BCUT2D eigenvalue weighted by atomic mass is 16.5. The molecule has 0 unspecified atom stereocenters. The predicted octanol–water partition coefficient (Wildman–Crippen LogP) is 1.73. The van der Waals surface area contributed by atoms with E-state index in [4.69, 9.17) is 4.74 Å². The Morgan fingerprint density at radius 3 is 3.24 bits per heavy atom. The summed E-state index contributed by atoms with van der Waals surface area (Å²) in [6.45, 7) is 1.40. The molecule has 3 aromatic rings. The molecule has 3 aromatic heterocycles. The van der Waals surface area contributed by atoms with E-state index in [1.165, 1.54) is 0 Å². The molecule has 2 N–H and O–H groups in total. The SMILES string of the molecule is Cn1cc(-c2cnc3c(c2)NCCO3)c2cc[nH]c(=O)c21. The summed E-state index contributed by atoms with van der Waals surface area (Å²) >= 11 is 0. The van der Waals surface area contributed by atoms with Gasteiger partial charge in [0, 0.05) is 48.7 Å². The lowest BCUT2D eigenvalue weighted by Crippen LogP contribution is -2.18. The number of nitrogens with zero attached hydrogens (tertiary/aromatic N) is 2. The molecule has 0 spiro atoms. The molecule has 21 heavy (non-hydrogen) atoms. The Balaban J connectivity index is 1.95. The molecule has 0 atom stereocenters. The molecule has 1 aliphatic heterocycles. The number of aromatic nitrogens is 3. The third-order valence-corrected chi connectivity index (χ3v) is 3.72. The summed E-state index contributed by atoms with van der Waals surface area (Å²) < 4.78 is 7.33. The second-order valence-electron chi connectivity index (χ2n) is 5.07. The number of fused-ring (bicyclic) bond motifs is 2. The van der Waals surface area contributed by atoms with E-state index >= 15 is 0 Å². The quantitative estimate of drug-likeness (QED) is 0.713. The second kappa shape index (κ2) is 4.37. The van der Waals surface area contributed by atoms with Crippen molar-refractivity contribution >= 4 is 16.6 Å². The molecule has 6 heteroatoms. The van der Waals surface area contributed by atoms with Crippen molar-refractivity contribution in [3.63, 3.8) is 0 Å². The van der Waals surface area contributed by atoms with Crippen LogP contribution >= 0.6 is 0 Å². The van der Waals surface area contributed by atoms with Gasteiger partial charge in [0.1, 0.15) is 12.1 Å². The number of hydrogen-bond acceptors (Lipinski definition) is 4. The van der Waals surface area contributed by atoms with Crippen LogP contribution in [0.2, 0.25) is 0 Å². The molecule has 0 aliphatic carbocycles. The largest absolute Gasteiger partial charge is 0.474 e. The van der Waals surface area contributed by atoms with Gasteiger partial charge in [-0.1, -0.05) is 0 Å². The van der Waals surface area contributed by atoms with Gasteiger partial charge in [-0.05, 0) is 12.1 Å². The van der Waals surface area contributed by atoms with Crippen LogP contribution < -0.4 is 15.6 Å². The fourth-order valence-electron chi connectivity index (χ4n) is 2.77. The monoisotopic (exact) mass is 282 g/mol. The maximum atomic E-state index is 12.0. The number of anilines is 1. The van der Waals surface area contributed by atoms with Crippen molar-refractivity contribution in [1.29, 1.82) is 0 Å². The average Bonchev–Trinajstić information content (AvgIpc) is 2.85. The highest BCUT2D eigenvalue weighted by molar-refractivity contribution is 5.95. The number of pyridine rings is 2. The number of ether oxygens (including phenoxy) is 1. The molecule has 1 aliphatic rings. The van der Waals surface area contributed by atoms with Crippen molar-refractivity contribution in [1.82, 2.24) is 14.5 Å². The molecule has 106 valence electrons. The Labute approximate surface area is 120 Å². The first-order valence-electron chi connectivity index (χ1n) is 6.78. The Morgan fingerprint density at radius 2 is 2.33 bits per heavy atom. The van der Waals surface area contributed by atoms with E-state index in [1.54, 1.807) is 12.4 Å². The zero-order valence-corrected chi connectivity index (χ0v) is 11.5. The zero-order chi connectivity index (χ0) is 14.4. The van der Waals surface area contributed by atoms with E-state index in [9.17, 15) is 4.79 Å². The van der Waals surface area contributed by atoms with Crippen LogP contribution in [-0.4, -0.2) is 27.7 Å². The summed E-state index contributed by atoms with van der Waals surface area (Å²) in [6, 6.07) is 3.92. The van der Waals surface area contributed by atoms with Gasteiger partial charge in [-0.25, -0.2) is 4.98 Å². The van der Waals surface area contributed by atoms with E-state index in [2.05, 4.69) is 15.3 Å². The van der Waals surface area contributed by atoms with E-state index < -0.39 is 0 Å². The molecular formula is C15H14N4O2. The summed E-state index contributed by atoms with van der Waals surface area (Å²) in [6.07, 6.45) is 5.40. The smallest absolute Gasteiger partial charge is 0.272 e. The number of nitrogens with one attached hydrogen (secondary N) is 2. The lowest BCUT2D eigenvalue weighted by molar-refractivity contribution is 0.310. The van der Waals surface area contributed by atoms with Gasteiger partial charge in [0.2, 0.25) is 5.88 Å². The van der Waals surface area contributed by atoms with Gasteiger partial charge >= 0.3 is 0 Å². The minimum Gasteiger partial charge on any atom is -0.474 e. The van der Waals surface area contributed by atoms with E-state index in [0.29, 0.717) is 18.0 Å². The topological polar surface area (TPSA) is 71.9 Å². The lowest BCUT2D eigenvalue weighted by Gasteiger charge is -2.18. The van der Waals surface area contributed by atoms with Crippen molar-refractivity contribution in [2.75, 3.05) is 18.5 Å². The van der Waals surface area contributed by atoms with Crippen molar-refractivity contribution in [3.05, 3.63) is 41.1 Å². The Morgan fingerprint density at radius 1 is 1.43 bits per heavy atom. The van der Waals surface area contributed by atoms with Crippen LogP contribution in [0, 0.1) is 0 Å². The molecule has 4 heterocycles. The third kappa shape index (κ3) is 1.79. The number of rotatable bonds is 1. The maximum absolute atomic E-state index is 12.0. The molecule has 0 bridgehead atoms. The Hall–Kier alpha value is -2.76. The minimum absolute atomic E-state index is 0.0892. The van der Waals surface area contributed by atoms with Gasteiger partial charge in [0.15, 0.2) is 0 Å². The number of aromatic amines is 1. The molecule has 0 amide bonds. The number of aryl methyl sites for hydroxylation is 1. The normalized spacial score (nSPS) is 13.6. The van der Waals surface area contributed by atoms with Crippen molar-refractivity contribution in [2.45, 2.75) is 0 Å². The van der Waals surface area contributed by atoms with Crippen molar-refractivity contribution in [2.24, 2.45) is 7.05 Å². The summed E-state index contributed by atoms with van der Waals surface area (Å²) in [5.74, 6) is 0.628. The molecular weight excluding hydrogens is 268 g/mol. The average molecular weight is 282 g/mol. The summed E-state index contributed by atoms with van der Waals surface area (Å²) in [7, 11) is 1.87. The van der Waals surface area contributed by atoms with Gasteiger partial charge in [0.05, 0.1) is 5.69 Å². The maximum Gasteiger partial charge on any atom is 0.272 e. The standard InChI is InChI=1S/C15H14N4O2/c1-19-8-11(10-2-3-17-14(20)13(10)19)9-6-12-15(18-7-9)21-5-4-16-12/h2-3,6-8,16H,4-5H2,1H3,(H,17,20). The van der Waals surface area contributed by atoms with Crippen molar-refractivity contribution < 1.29 is 4.74 Å². The molecule has 0 fully saturated rings. The minimum atomic E-state index is -0.0892. The summed E-state index contributed by atoms with van der Waals surface area (Å²) in [5.41, 5.74) is 3.41. The lowest BCUT2D eigenvalue weighted by atomic mass is 10.1. The van der Waals surface area contributed by atoms with Gasteiger partial charge in [-0.3, -0.25) is 4.79 Å². The molecule has 0 saturated heterocycles. The zero-order valence-electron chi connectivity index (χ0n) is 11.5. The van der Waals surface area contributed by atoms with Gasteiger partial charge in [0.25, 0.3) is 5.56 Å². The first-order chi connectivity index (χ1) is 10.2. The number of H-pyrrole nitrogens is 1. The third-order valence-electron chi connectivity index (χ3n) is 3.72. The van der Waals surface area contributed by atoms with Crippen LogP contribution in [0.3, 0.4) is 0 Å². The van der Waals surface area contributed by atoms with Gasteiger partial charge < -0.3 is 19.6 Å². The second-order valence-corrected chi connectivity index (χ2v) is 5.07. The van der Waals surface area contributed by atoms with Crippen LogP contribution in [0.4, 0.5) is 5.69 Å². The van der Waals surface area contributed by atoms with Crippen LogP contribution in [-0.2, 0) is 7.05 Å². The Bertz CT molecular complexity index is 894. The molecule has 6 nitrogen and oxygen atoms in total. The molecule has 0 saturated carbocycles. The first kappa shape index (κ1) is 12.0. The fraction of sp³-hybridized carbons (Fsp3) is 0.200. The Kier molecular flexibility index (Phi) is 2.50. The summed E-state index contributed by atoms with van der Waals surface area (Å²) in [5, 5.41) is 4.19. The first-order valence-corrected chi connectivity index (χ1v) is 6.78. The van der Waals surface area contributed by atoms with E-state index in [0.717, 1.165) is 28.7 Å². The van der Waals surface area contributed by atoms with Crippen LogP contribution in [0.25, 0.3) is 22.0 Å². The molecule has 4 rings (SSSR count). The predicted molar refractivity (Wildman–Crippen MR) is 80.8 cm³/mol. The molecule has 0 aromatic carbocycles. The van der Waals surface area contributed by atoms with E-state index in [-0.39, 0.29) is 5.56 Å². The van der Waals surface area contributed by atoms with Crippen molar-refractivity contribution in [3.8, 4) is 17.0 Å². The van der Waals surface area contributed by atoms with Gasteiger partial charge in [-0.2, -0.15) is 0 Å². The van der Waals surface area contributed by atoms with Gasteiger partial charge in [-0.15, -0.1) is 0 Å². The number of hydrogen-bond donors (Lipinski definition) is 2. The highest BCUT2D eigenvalue weighted by Crippen LogP contribution is 2.33. The van der Waals surface area contributed by atoms with Crippen LogP contribution in [0.15, 0.2) is 35.5 Å². The van der Waals surface area contributed by atoms with Crippen LogP contribution in [0.5, 0.6) is 5.88 Å². The van der Waals surface area contributed by atoms with E-state index in [1.807, 2.05) is 29.9 Å². The fourth-order valence-corrected chi connectivity index (χ4v) is 2.77. The summed E-state index contributed by atoms with van der Waals surface area (Å²) in [4.78, 5) is 19.0. The highest BCUT2D eigenvalue weighted by Gasteiger charge is 2.15. The van der Waals surface area contributed by atoms with Crippen LogP contribution in [0.1, 0.15) is 0 Å². The molecule has 0 radical (unpaired) electrons.